The summed E-state index contributed by atoms with van der Waals surface area (Å²) in [4.78, 5) is 46.1. The summed E-state index contributed by atoms with van der Waals surface area (Å²) in [5.41, 5.74) is 4.54. The monoisotopic (exact) mass is 624 g/mol. The molecule has 2 amide bonds. The summed E-state index contributed by atoms with van der Waals surface area (Å²) in [6.45, 7) is 5.59. The van der Waals surface area contributed by atoms with Gasteiger partial charge in [-0.3, -0.25) is 9.59 Å². The average Bonchev–Trinajstić information content (AvgIpc) is 3.02. The maximum absolute atomic E-state index is 13.4. The van der Waals surface area contributed by atoms with Gasteiger partial charge >= 0.3 is 11.9 Å². The molecule has 0 saturated carbocycles. The average molecular weight is 625 g/mol. The van der Waals surface area contributed by atoms with Gasteiger partial charge in [0, 0.05) is 12.2 Å². The predicted molar refractivity (Wildman–Crippen MR) is 176 cm³/mol. The van der Waals surface area contributed by atoms with Gasteiger partial charge < -0.3 is 25.6 Å². The zero-order valence-corrected chi connectivity index (χ0v) is 25.6. The SMILES string of the molecule is COc1cc(/C=C/C(=O)Nc2ccccc2C(=O)O)cc(C)c1C.Cc1ccc(/C=C/C(=O)Nc2ccccc2C(=O)O)cc1F. The number of ether oxygens (including phenoxy) is 1. The molecule has 46 heavy (non-hydrogen) atoms. The van der Waals surface area contributed by atoms with Crippen molar-refractivity contribution in [1.82, 2.24) is 0 Å². The molecule has 0 bridgehead atoms. The molecule has 9 nitrogen and oxygen atoms in total. The van der Waals surface area contributed by atoms with Crippen LogP contribution in [0.4, 0.5) is 15.8 Å². The third-order valence-electron chi connectivity index (χ3n) is 6.74. The second-order valence-corrected chi connectivity index (χ2v) is 10.0. The highest BCUT2D eigenvalue weighted by molar-refractivity contribution is 6.07. The van der Waals surface area contributed by atoms with Gasteiger partial charge in [-0.1, -0.05) is 42.5 Å². The number of para-hydroxylation sites is 2. The molecule has 0 atom stereocenters. The van der Waals surface area contributed by atoms with E-state index in [9.17, 15) is 23.6 Å². The quantitative estimate of drug-likeness (QED) is 0.145. The summed E-state index contributed by atoms with van der Waals surface area (Å²) in [6, 6.07) is 20.8. The molecular formula is C36H33FN2O7. The number of nitrogens with one attached hydrogen (secondary N) is 2. The first-order valence-corrected chi connectivity index (χ1v) is 13.9. The lowest BCUT2D eigenvalue weighted by Gasteiger charge is -2.09. The van der Waals surface area contributed by atoms with Gasteiger partial charge in [0.1, 0.15) is 11.6 Å². The van der Waals surface area contributed by atoms with Crippen molar-refractivity contribution in [2.24, 2.45) is 0 Å². The summed E-state index contributed by atoms with van der Waals surface area (Å²) in [7, 11) is 1.60. The Morgan fingerprint density at radius 3 is 1.65 bits per heavy atom. The molecule has 4 aromatic carbocycles. The van der Waals surface area contributed by atoms with Crippen LogP contribution in [0.15, 0.2) is 91.0 Å². The van der Waals surface area contributed by atoms with Gasteiger partial charge in [0.15, 0.2) is 0 Å². The number of halogens is 1. The standard InChI is InChI=1S/C19H19NO4.C17H14FNO3/c1-12-10-14(11-17(24-3)13(12)2)8-9-18(21)20-16-7-5-4-6-15(16)19(22)23;1-11-6-7-12(10-14(11)18)8-9-16(20)19-15-5-3-2-4-13(15)17(21)22/h4-11H,1-3H3,(H,20,21)(H,22,23);2-10H,1H3,(H,19,20)(H,21,22)/b2*9-8+. The van der Waals surface area contributed by atoms with Crippen molar-refractivity contribution in [2.45, 2.75) is 20.8 Å². The molecule has 0 fully saturated rings. The molecule has 0 aromatic heterocycles. The highest BCUT2D eigenvalue weighted by Crippen LogP contribution is 2.24. The highest BCUT2D eigenvalue weighted by atomic mass is 19.1. The van der Waals surface area contributed by atoms with E-state index in [0.29, 0.717) is 11.1 Å². The largest absolute Gasteiger partial charge is 0.496 e. The van der Waals surface area contributed by atoms with Crippen LogP contribution >= 0.6 is 0 Å². The van der Waals surface area contributed by atoms with Crippen molar-refractivity contribution in [2.75, 3.05) is 17.7 Å². The summed E-state index contributed by atoms with van der Waals surface area (Å²) >= 11 is 0. The fourth-order valence-corrected chi connectivity index (χ4v) is 4.12. The number of carboxylic acid groups (broad SMARTS) is 2. The number of aromatic carboxylic acids is 2. The second kappa shape index (κ2) is 16.2. The molecule has 236 valence electrons. The van der Waals surface area contributed by atoms with E-state index in [2.05, 4.69) is 10.6 Å². The minimum absolute atomic E-state index is 0.00521. The summed E-state index contributed by atoms with van der Waals surface area (Å²) in [6.07, 6.45) is 5.71. The van der Waals surface area contributed by atoms with Crippen LogP contribution in [0.1, 0.15) is 48.5 Å². The first-order chi connectivity index (χ1) is 21.9. The number of anilines is 2. The van der Waals surface area contributed by atoms with E-state index in [0.717, 1.165) is 22.4 Å². The maximum atomic E-state index is 13.4. The second-order valence-electron chi connectivity index (χ2n) is 10.0. The van der Waals surface area contributed by atoms with E-state index in [4.69, 9.17) is 14.9 Å². The number of carbonyl (C=O) groups excluding carboxylic acids is 2. The van der Waals surface area contributed by atoms with Crippen LogP contribution in [-0.2, 0) is 9.59 Å². The molecule has 0 spiro atoms. The molecule has 0 saturated heterocycles. The van der Waals surface area contributed by atoms with Gasteiger partial charge in [0.05, 0.1) is 29.6 Å². The van der Waals surface area contributed by atoms with E-state index < -0.39 is 23.8 Å². The van der Waals surface area contributed by atoms with Crippen molar-refractivity contribution >= 4 is 47.3 Å². The summed E-state index contributed by atoms with van der Waals surface area (Å²) in [5.74, 6) is -2.70. The summed E-state index contributed by atoms with van der Waals surface area (Å²) < 4.78 is 18.7. The topological polar surface area (TPSA) is 142 Å². The van der Waals surface area contributed by atoms with Crippen LogP contribution in [0.25, 0.3) is 12.2 Å². The first-order valence-electron chi connectivity index (χ1n) is 13.9. The van der Waals surface area contributed by atoms with Crippen molar-refractivity contribution in [3.63, 3.8) is 0 Å². The number of methoxy groups -OCH3 is 1. The lowest BCUT2D eigenvalue weighted by atomic mass is 10.0. The van der Waals surface area contributed by atoms with Crippen LogP contribution in [0.3, 0.4) is 0 Å². The van der Waals surface area contributed by atoms with E-state index in [1.165, 1.54) is 42.5 Å². The molecule has 4 rings (SSSR count). The van der Waals surface area contributed by atoms with Gasteiger partial charge in [-0.05, 0) is 97.1 Å². The zero-order valence-electron chi connectivity index (χ0n) is 25.6. The number of rotatable bonds is 9. The number of benzene rings is 4. The number of hydrogen-bond donors (Lipinski definition) is 4. The van der Waals surface area contributed by atoms with Crippen LogP contribution in [0.5, 0.6) is 5.75 Å². The fraction of sp³-hybridized carbons (Fsp3) is 0.111. The molecule has 4 aromatic rings. The van der Waals surface area contributed by atoms with Gasteiger partial charge in [-0.15, -0.1) is 0 Å². The Kier molecular flexibility index (Phi) is 12.1. The minimum Gasteiger partial charge on any atom is -0.496 e. The van der Waals surface area contributed by atoms with E-state index in [-0.39, 0.29) is 28.3 Å². The normalized spacial score (nSPS) is 10.6. The Hall–Kier alpha value is -6.03. The van der Waals surface area contributed by atoms with Gasteiger partial charge in [-0.2, -0.15) is 0 Å². The molecule has 0 radical (unpaired) electrons. The number of carbonyl (C=O) groups is 4. The molecular weight excluding hydrogens is 591 g/mol. The number of aryl methyl sites for hydroxylation is 2. The fourth-order valence-electron chi connectivity index (χ4n) is 4.12. The third-order valence-corrected chi connectivity index (χ3v) is 6.74. The van der Waals surface area contributed by atoms with Crippen LogP contribution in [0, 0.1) is 26.6 Å². The van der Waals surface area contributed by atoms with Crippen molar-refractivity contribution in [3.05, 3.63) is 136 Å². The number of carboxylic acids is 2. The lowest BCUT2D eigenvalue weighted by Crippen LogP contribution is -2.11. The van der Waals surface area contributed by atoms with E-state index in [1.54, 1.807) is 62.6 Å². The Labute approximate surface area is 265 Å². The van der Waals surface area contributed by atoms with E-state index >= 15 is 0 Å². The molecule has 0 aliphatic carbocycles. The Balaban J connectivity index is 0.000000251. The maximum Gasteiger partial charge on any atom is 0.337 e. The Morgan fingerprint density at radius 1 is 0.674 bits per heavy atom. The molecule has 0 unspecified atom stereocenters. The number of hydrogen-bond acceptors (Lipinski definition) is 5. The molecule has 4 N–H and O–H groups in total. The number of amides is 2. The Bertz CT molecular complexity index is 1830. The molecule has 0 aliphatic rings. The highest BCUT2D eigenvalue weighted by Gasteiger charge is 2.11. The minimum atomic E-state index is -1.12. The van der Waals surface area contributed by atoms with Crippen molar-refractivity contribution in [1.29, 1.82) is 0 Å². The molecule has 0 heterocycles. The molecule has 10 heteroatoms. The lowest BCUT2D eigenvalue weighted by molar-refractivity contribution is -0.112. The third kappa shape index (κ3) is 9.75. The Morgan fingerprint density at radius 2 is 1.17 bits per heavy atom. The van der Waals surface area contributed by atoms with Crippen molar-refractivity contribution < 1.29 is 38.5 Å². The van der Waals surface area contributed by atoms with Crippen LogP contribution in [0.2, 0.25) is 0 Å². The van der Waals surface area contributed by atoms with Crippen LogP contribution in [-0.4, -0.2) is 41.1 Å². The smallest absolute Gasteiger partial charge is 0.337 e. The molecule has 0 aliphatic heterocycles. The first kappa shape index (κ1) is 34.5. The summed E-state index contributed by atoms with van der Waals surface area (Å²) in [5, 5.41) is 23.2. The van der Waals surface area contributed by atoms with Crippen LogP contribution < -0.4 is 15.4 Å². The van der Waals surface area contributed by atoms with Gasteiger partial charge in [0.2, 0.25) is 11.8 Å². The van der Waals surface area contributed by atoms with E-state index in [1.807, 2.05) is 26.0 Å². The van der Waals surface area contributed by atoms with Gasteiger partial charge in [-0.25, -0.2) is 14.0 Å². The zero-order chi connectivity index (χ0) is 33.8. The van der Waals surface area contributed by atoms with Crippen molar-refractivity contribution in [3.8, 4) is 5.75 Å². The van der Waals surface area contributed by atoms with Gasteiger partial charge in [0.25, 0.3) is 0 Å². The predicted octanol–water partition coefficient (Wildman–Crippen LogP) is 7.15.